The Kier molecular flexibility index (Phi) is 5.93. The molecule has 2 N–H and O–H groups in total. The largest absolute Gasteiger partial charge is 0.490 e. The number of fused-ring (bicyclic) bond motifs is 1. The molecule has 154 valence electrons. The summed E-state index contributed by atoms with van der Waals surface area (Å²) >= 11 is 3.30. The minimum absolute atomic E-state index is 0.180. The number of halogens is 1. The SMILES string of the molecule is O=S(=O)(NC1=NCN(Cc2ccc3c(c2)OCCCO3)CN1)c1ccc(Br)cc1. The van der Waals surface area contributed by atoms with Gasteiger partial charge in [-0.2, -0.15) is 0 Å². The van der Waals surface area contributed by atoms with Crippen LogP contribution >= 0.6 is 15.9 Å². The molecule has 2 heterocycles. The van der Waals surface area contributed by atoms with E-state index in [0.29, 0.717) is 33.1 Å². The highest BCUT2D eigenvalue weighted by Gasteiger charge is 2.20. The number of hydrogen-bond donors (Lipinski definition) is 2. The summed E-state index contributed by atoms with van der Waals surface area (Å²) in [6.45, 7) is 2.81. The van der Waals surface area contributed by atoms with Crippen molar-refractivity contribution in [3.8, 4) is 11.5 Å². The lowest BCUT2D eigenvalue weighted by atomic mass is 10.2. The second-order valence-corrected chi connectivity index (χ2v) is 9.30. The fourth-order valence-corrected chi connectivity index (χ4v) is 4.27. The maximum Gasteiger partial charge on any atom is 0.264 e. The van der Waals surface area contributed by atoms with Gasteiger partial charge < -0.3 is 14.8 Å². The normalized spacial score (nSPS) is 17.1. The molecule has 2 aliphatic rings. The average Bonchev–Trinajstić information content (AvgIpc) is 2.95. The molecule has 4 rings (SSSR count). The van der Waals surface area contributed by atoms with E-state index >= 15 is 0 Å². The highest BCUT2D eigenvalue weighted by molar-refractivity contribution is 9.10. The molecular weight excluding hydrogens is 460 g/mol. The van der Waals surface area contributed by atoms with E-state index in [2.05, 4.69) is 35.9 Å². The molecule has 0 spiro atoms. The van der Waals surface area contributed by atoms with Crippen LogP contribution in [0, 0.1) is 0 Å². The first kappa shape index (κ1) is 20.0. The Hall–Kier alpha value is -2.30. The molecule has 0 radical (unpaired) electrons. The first-order valence-corrected chi connectivity index (χ1v) is 11.4. The number of nitrogens with zero attached hydrogens (tertiary/aromatic N) is 2. The molecule has 0 saturated heterocycles. The van der Waals surface area contributed by atoms with Gasteiger partial charge in [-0.1, -0.05) is 22.0 Å². The predicted octanol–water partition coefficient (Wildman–Crippen LogP) is 2.27. The Bertz CT molecular complexity index is 1010. The van der Waals surface area contributed by atoms with Gasteiger partial charge in [-0.3, -0.25) is 4.90 Å². The first-order valence-electron chi connectivity index (χ1n) is 9.17. The highest BCUT2D eigenvalue weighted by Crippen LogP contribution is 2.30. The molecule has 8 nitrogen and oxygen atoms in total. The topological polar surface area (TPSA) is 92.3 Å². The van der Waals surface area contributed by atoms with Crippen molar-refractivity contribution < 1.29 is 17.9 Å². The molecule has 0 atom stereocenters. The number of rotatable bonds is 4. The van der Waals surface area contributed by atoms with Crippen molar-refractivity contribution >= 4 is 31.9 Å². The zero-order chi connectivity index (χ0) is 20.3. The zero-order valence-corrected chi connectivity index (χ0v) is 18.0. The second kappa shape index (κ2) is 8.60. The van der Waals surface area contributed by atoms with Gasteiger partial charge in [-0.05, 0) is 42.0 Å². The zero-order valence-electron chi connectivity index (χ0n) is 15.6. The van der Waals surface area contributed by atoms with E-state index in [9.17, 15) is 8.42 Å². The summed E-state index contributed by atoms with van der Waals surface area (Å²) < 4.78 is 39.6. The molecule has 0 fully saturated rings. The Morgan fingerprint density at radius 3 is 2.59 bits per heavy atom. The van der Waals surface area contributed by atoms with Crippen LogP contribution in [-0.4, -0.2) is 45.8 Å². The van der Waals surface area contributed by atoms with Crippen LogP contribution in [0.4, 0.5) is 0 Å². The van der Waals surface area contributed by atoms with Crippen molar-refractivity contribution in [2.45, 2.75) is 17.9 Å². The van der Waals surface area contributed by atoms with Crippen LogP contribution in [-0.2, 0) is 16.6 Å². The summed E-state index contributed by atoms with van der Waals surface area (Å²) in [6, 6.07) is 12.3. The molecule has 2 aliphatic heterocycles. The number of ether oxygens (including phenoxy) is 2. The summed E-state index contributed by atoms with van der Waals surface area (Å²) in [7, 11) is -3.68. The Morgan fingerprint density at radius 2 is 1.86 bits per heavy atom. The van der Waals surface area contributed by atoms with Crippen molar-refractivity contribution in [2.24, 2.45) is 4.99 Å². The minimum atomic E-state index is -3.68. The standard InChI is InChI=1S/C19H21BrN4O4S/c20-15-3-5-16(6-4-15)29(25,26)23-19-21-12-24(13-22-19)11-14-2-7-17-18(10-14)28-9-1-8-27-17/h2-7,10H,1,8-9,11-13H2,(H2,21,22,23). The Balaban J connectivity index is 1.37. The molecule has 0 saturated carbocycles. The fourth-order valence-electron chi connectivity index (χ4n) is 3.00. The predicted molar refractivity (Wildman–Crippen MR) is 112 cm³/mol. The van der Waals surface area contributed by atoms with E-state index in [1.54, 1.807) is 12.1 Å². The molecule has 0 bridgehead atoms. The van der Waals surface area contributed by atoms with Crippen LogP contribution in [0.1, 0.15) is 12.0 Å². The third-order valence-electron chi connectivity index (χ3n) is 4.47. The third-order valence-corrected chi connectivity index (χ3v) is 6.36. The van der Waals surface area contributed by atoms with Crippen molar-refractivity contribution in [1.29, 1.82) is 0 Å². The molecule has 29 heavy (non-hydrogen) atoms. The van der Waals surface area contributed by atoms with E-state index in [0.717, 1.165) is 28.0 Å². The number of sulfonamides is 1. The fraction of sp³-hybridized carbons (Fsp3) is 0.316. The smallest absolute Gasteiger partial charge is 0.264 e. The lowest BCUT2D eigenvalue weighted by molar-refractivity contribution is 0.254. The van der Waals surface area contributed by atoms with Gasteiger partial charge in [0.25, 0.3) is 10.0 Å². The van der Waals surface area contributed by atoms with Gasteiger partial charge in [0.1, 0.15) is 0 Å². The van der Waals surface area contributed by atoms with Crippen LogP contribution in [0.25, 0.3) is 0 Å². The number of hydrogen-bond acceptors (Lipinski definition) is 7. The molecule has 0 aliphatic carbocycles. The number of aliphatic imine (C=N–C) groups is 1. The number of guanidine groups is 1. The van der Waals surface area contributed by atoms with Gasteiger partial charge in [0.2, 0.25) is 5.96 Å². The lowest BCUT2D eigenvalue weighted by Gasteiger charge is -2.27. The van der Waals surface area contributed by atoms with Crippen LogP contribution < -0.4 is 19.5 Å². The van der Waals surface area contributed by atoms with Crippen molar-refractivity contribution in [3.63, 3.8) is 0 Å². The lowest BCUT2D eigenvalue weighted by Crippen LogP contribution is -2.49. The van der Waals surface area contributed by atoms with Gasteiger partial charge >= 0.3 is 0 Å². The summed E-state index contributed by atoms with van der Waals surface area (Å²) in [6.07, 6.45) is 0.869. The Labute approximate surface area is 178 Å². The van der Waals surface area contributed by atoms with Crippen molar-refractivity contribution in [1.82, 2.24) is 14.9 Å². The maximum absolute atomic E-state index is 12.5. The molecule has 0 aromatic heterocycles. The van der Waals surface area contributed by atoms with E-state index in [-0.39, 0.29) is 10.9 Å². The highest BCUT2D eigenvalue weighted by atomic mass is 79.9. The maximum atomic E-state index is 12.5. The molecular formula is C19H21BrN4O4S. The second-order valence-electron chi connectivity index (χ2n) is 6.70. The van der Waals surface area contributed by atoms with E-state index in [4.69, 9.17) is 9.47 Å². The first-order chi connectivity index (χ1) is 14.0. The summed E-state index contributed by atoms with van der Waals surface area (Å²) in [5.74, 6) is 1.77. The number of benzene rings is 2. The molecule has 0 amide bonds. The molecule has 2 aromatic carbocycles. The van der Waals surface area contributed by atoms with Crippen LogP contribution in [0.5, 0.6) is 11.5 Å². The third kappa shape index (κ3) is 5.01. The van der Waals surface area contributed by atoms with E-state index in [1.165, 1.54) is 12.1 Å². The van der Waals surface area contributed by atoms with Gasteiger partial charge in [0.15, 0.2) is 11.5 Å². The van der Waals surface area contributed by atoms with Gasteiger partial charge in [-0.15, -0.1) is 0 Å². The summed E-state index contributed by atoms with van der Waals surface area (Å²) in [4.78, 5) is 6.55. The van der Waals surface area contributed by atoms with Crippen LogP contribution in [0.2, 0.25) is 0 Å². The minimum Gasteiger partial charge on any atom is -0.490 e. The number of nitrogens with one attached hydrogen (secondary N) is 2. The van der Waals surface area contributed by atoms with E-state index in [1.807, 2.05) is 18.2 Å². The molecule has 0 unspecified atom stereocenters. The van der Waals surface area contributed by atoms with Crippen molar-refractivity contribution in [2.75, 3.05) is 26.6 Å². The van der Waals surface area contributed by atoms with Crippen LogP contribution in [0.15, 0.2) is 56.8 Å². The van der Waals surface area contributed by atoms with Crippen molar-refractivity contribution in [3.05, 3.63) is 52.5 Å². The van der Waals surface area contributed by atoms with Gasteiger partial charge in [-0.25, -0.2) is 18.1 Å². The quantitative estimate of drug-likeness (QED) is 0.697. The summed E-state index contributed by atoms with van der Waals surface area (Å²) in [5.41, 5.74) is 1.07. The van der Waals surface area contributed by atoms with E-state index < -0.39 is 10.0 Å². The van der Waals surface area contributed by atoms with Gasteiger partial charge in [0.05, 0.1) is 31.4 Å². The van der Waals surface area contributed by atoms with Crippen LogP contribution in [0.3, 0.4) is 0 Å². The Morgan fingerprint density at radius 1 is 1.10 bits per heavy atom. The van der Waals surface area contributed by atoms with Gasteiger partial charge in [0, 0.05) is 17.4 Å². The monoisotopic (exact) mass is 480 g/mol. The average molecular weight is 481 g/mol. The summed E-state index contributed by atoms with van der Waals surface area (Å²) in [5, 5.41) is 3.02. The molecule has 2 aromatic rings. The molecule has 10 heteroatoms.